The molecule has 4 heteroatoms. The predicted octanol–water partition coefficient (Wildman–Crippen LogP) is 5.01. The van der Waals surface area contributed by atoms with E-state index in [4.69, 9.17) is 11.6 Å². The number of hydrogen-bond acceptors (Lipinski definition) is 2. The van der Waals surface area contributed by atoms with Gasteiger partial charge in [-0.3, -0.25) is 4.79 Å². The number of benzene rings is 1. The molecule has 1 aromatic carbocycles. The molecule has 2 aromatic rings. The molecule has 2 rings (SSSR count). The fourth-order valence-corrected chi connectivity index (χ4v) is 3.40. The summed E-state index contributed by atoms with van der Waals surface area (Å²) < 4.78 is 0.800. The number of carbonyl (C=O) groups excluding carboxylic acids is 1. The topological polar surface area (TPSA) is 17.1 Å². The van der Waals surface area contributed by atoms with Gasteiger partial charge < -0.3 is 0 Å². The van der Waals surface area contributed by atoms with Gasteiger partial charge in [-0.15, -0.1) is 11.3 Å². The van der Waals surface area contributed by atoms with Crippen LogP contribution in [0.3, 0.4) is 0 Å². The smallest absolute Gasteiger partial charge is 0.203 e. The Balaban J connectivity index is 2.51. The molecule has 0 unspecified atom stereocenters. The lowest BCUT2D eigenvalue weighted by Gasteiger charge is -2.06. The summed E-state index contributed by atoms with van der Waals surface area (Å²) in [5.41, 5.74) is 2.77. The highest BCUT2D eigenvalue weighted by molar-refractivity contribution is 9.11. The van der Waals surface area contributed by atoms with Gasteiger partial charge in [0.25, 0.3) is 0 Å². The van der Waals surface area contributed by atoms with Crippen molar-refractivity contribution in [2.45, 2.75) is 13.8 Å². The second kappa shape index (κ2) is 4.92. The average Bonchev–Trinajstić information content (AvgIpc) is 2.59. The molecule has 88 valence electrons. The lowest BCUT2D eigenvalue weighted by atomic mass is 9.98. The number of thiophene rings is 1. The van der Waals surface area contributed by atoms with Crippen molar-refractivity contribution < 1.29 is 4.79 Å². The summed E-state index contributed by atoms with van der Waals surface area (Å²) in [7, 11) is 0. The van der Waals surface area contributed by atoms with Gasteiger partial charge in [-0.1, -0.05) is 29.8 Å². The molecule has 0 radical (unpaired) electrons. The lowest BCUT2D eigenvalue weighted by molar-refractivity contribution is 0.104. The van der Waals surface area contributed by atoms with E-state index in [0.717, 1.165) is 20.5 Å². The zero-order valence-electron chi connectivity index (χ0n) is 9.38. The monoisotopic (exact) mass is 328 g/mol. The highest BCUT2D eigenvalue weighted by Gasteiger charge is 2.17. The van der Waals surface area contributed by atoms with Crippen molar-refractivity contribution >= 4 is 44.7 Å². The third-order valence-electron chi connectivity index (χ3n) is 2.58. The molecule has 17 heavy (non-hydrogen) atoms. The first-order valence-corrected chi connectivity index (χ1v) is 7.05. The maximum absolute atomic E-state index is 12.4. The molecule has 0 saturated carbocycles. The fourth-order valence-electron chi connectivity index (χ4n) is 1.75. The van der Waals surface area contributed by atoms with E-state index in [-0.39, 0.29) is 5.78 Å². The van der Waals surface area contributed by atoms with Gasteiger partial charge in [-0.25, -0.2) is 0 Å². The number of rotatable bonds is 2. The predicted molar refractivity (Wildman–Crippen MR) is 76.4 cm³/mol. The van der Waals surface area contributed by atoms with Crippen molar-refractivity contribution in [1.29, 1.82) is 0 Å². The van der Waals surface area contributed by atoms with Crippen LogP contribution in [0.25, 0.3) is 0 Å². The van der Waals surface area contributed by atoms with Crippen molar-refractivity contribution in [3.05, 3.63) is 54.6 Å². The van der Waals surface area contributed by atoms with Crippen LogP contribution in [0.5, 0.6) is 0 Å². The van der Waals surface area contributed by atoms with Crippen molar-refractivity contribution in [3.63, 3.8) is 0 Å². The molecular formula is C13H10BrClOS. The highest BCUT2D eigenvalue weighted by atomic mass is 79.9. The van der Waals surface area contributed by atoms with E-state index in [9.17, 15) is 4.79 Å². The Morgan fingerprint density at radius 2 is 1.88 bits per heavy atom. The molecule has 1 aromatic heterocycles. The summed E-state index contributed by atoms with van der Waals surface area (Å²) in [4.78, 5) is 13.1. The molecule has 0 aliphatic heterocycles. The zero-order chi connectivity index (χ0) is 12.6. The Morgan fingerprint density at radius 3 is 2.35 bits per heavy atom. The minimum Gasteiger partial charge on any atom is -0.288 e. The van der Waals surface area contributed by atoms with Crippen LogP contribution in [0.4, 0.5) is 0 Å². The number of ketones is 1. The van der Waals surface area contributed by atoms with Crippen molar-refractivity contribution in [1.82, 2.24) is 0 Å². The Kier molecular flexibility index (Phi) is 3.71. The van der Waals surface area contributed by atoms with Gasteiger partial charge in [-0.2, -0.15) is 0 Å². The molecule has 0 N–H and O–H groups in total. The molecule has 0 spiro atoms. The molecule has 0 bridgehead atoms. The van der Waals surface area contributed by atoms with E-state index in [1.807, 2.05) is 32.0 Å². The van der Waals surface area contributed by atoms with E-state index in [1.54, 1.807) is 6.07 Å². The summed E-state index contributed by atoms with van der Waals surface area (Å²) in [6.07, 6.45) is 0. The van der Waals surface area contributed by atoms with Gasteiger partial charge >= 0.3 is 0 Å². The van der Waals surface area contributed by atoms with Gasteiger partial charge in [0, 0.05) is 5.56 Å². The van der Waals surface area contributed by atoms with Gasteiger partial charge in [0.2, 0.25) is 5.78 Å². The van der Waals surface area contributed by atoms with Crippen LogP contribution in [-0.4, -0.2) is 5.78 Å². The largest absolute Gasteiger partial charge is 0.288 e. The van der Waals surface area contributed by atoms with E-state index >= 15 is 0 Å². The van der Waals surface area contributed by atoms with E-state index < -0.39 is 0 Å². The number of hydrogen-bond donors (Lipinski definition) is 0. The van der Waals surface area contributed by atoms with Crippen molar-refractivity contribution in [3.8, 4) is 0 Å². The summed E-state index contributed by atoms with van der Waals surface area (Å²) in [5.74, 6) is 0.0400. The normalized spacial score (nSPS) is 10.6. The van der Waals surface area contributed by atoms with Gasteiger partial charge in [0.1, 0.15) is 0 Å². The summed E-state index contributed by atoms with van der Waals surface area (Å²) in [5, 5.41) is 0.588. The van der Waals surface area contributed by atoms with Crippen molar-refractivity contribution in [2.75, 3.05) is 0 Å². The van der Waals surface area contributed by atoms with Crippen LogP contribution < -0.4 is 0 Å². The Hall–Kier alpha value is -0.640. The first kappa shape index (κ1) is 12.8. The zero-order valence-corrected chi connectivity index (χ0v) is 12.5. The summed E-state index contributed by atoms with van der Waals surface area (Å²) in [6, 6.07) is 7.57. The molecule has 1 nitrogen and oxygen atoms in total. The van der Waals surface area contributed by atoms with Crippen LogP contribution in [0.2, 0.25) is 5.02 Å². The molecule has 0 aliphatic rings. The van der Waals surface area contributed by atoms with E-state index in [2.05, 4.69) is 15.9 Å². The minimum atomic E-state index is 0.0400. The maximum atomic E-state index is 12.4. The van der Waals surface area contributed by atoms with Gasteiger partial charge in [0.05, 0.1) is 13.7 Å². The molecule has 0 aliphatic carbocycles. The molecule has 1 heterocycles. The molecular weight excluding hydrogens is 320 g/mol. The van der Waals surface area contributed by atoms with E-state index in [0.29, 0.717) is 9.90 Å². The minimum absolute atomic E-state index is 0.0400. The van der Waals surface area contributed by atoms with Gasteiger partial charge in [0.15, 0.2) is 0 Å². The number of aryl methyl sites for hydroxylation is 2. The molecule has 0 saturated heterocycles. The maximum Gasteiger partial charge on any atom is 0.203 e. The third-order valence-corrected chi connectivity index (χ3v) is 5.05. The van der Waals surface area contributed by atoms with Crippen molar-refractivity contribution in [2.24, 2.45) is 0 Å². The Morgan fingerprint density at radius 1 is 1.29 bits per heavy atom. The Labute approximate surface area is 118 Å². The molecule has 0 fully saturated rings. The van der Waals surface area contributed by atoms with Crippen LogP contribution in [0, 0.1) is 13.8 Å². The lowest BCUT2D eigenvalue weighted by Crippen LogP contribution is -2.04. The second-order valence-electron chi connectivity index (χ2n) is 3.83. The third kappa shape index (κ3) is 2.46. The average molecular weight is 330 g/mol. The number of carbonyl (C=O) groups is 1. The number of halogens is 2. The quantitative estimate of drug-likeness (QED) is 0.708. The SMILES string of the molecule is Cc1cccc(C)c1C(=O)c1cc(Cl)c(Br)s1. The summed E-state index contributed by atoms with van der Waals surface area (Å²) >= 11 is 10.6. The molecule has 0 atom stereocenters. The first-order valence-electron chi connectivity index (χ1n) is 5.06. The highest BCUT2D eigenvalue weighted by Crippen LogP contribution is 2.34. The summed E-state index contributed by atoms with van der Waals surface area (Å²) in [6.45, 7) is 3.90. The fraction of sp³-hybridized carbons (Fsp3) is 0.154. The second-order valence-corrected chi connectivity index (χ2v) is 6.61. The van der Waals surface area contributed by atoms with Gasteiger partial charge in [-0.05, 0) is 47.0 Å². The standard InChI is InChI=1S/C13H10BrClOS/c1-7-4-3-5-8(2)11(7)12(16)10-6-9(15)13(14)17-10/h3-6H,1-2H3. The van der Waals surface area contributed by atoms with Crippen LogP contribution in [0.1, 0.15) is 26.4 Å². The first-order chi connectivity index (χ1) is 8.00. The van der Waals surface area contributed by atoms with Crippen LogP contribution in [-0.2, 0) is 0 Å². The van der Waals surface area contributed by atoms with Crippen LogP contribution in [0.15, 0.2) is 28.1 Å². The molecule has 0 amide bonds. The Bertz CT molecular complexity index is 549. The van der Waals surface area contributed by atoms with Crippen LogP contribution >= 0.6 is 38.9 Å². The van der Waals surface area contributed by atoms with E-state index in [1.165, 1.54) is 11.3 Å².